The number of ketones is 1. The highest BCUT2D eigenvalue weighted by Crippen LogP contribution is 2.42. The summed E-state index contributed by atoms with van der Waals surface area (Å²) in [5.41, 5.74) is 0.943. The molecule has 1 saturated heterocycles. The minimum Gasteiger partial charge on any atom is -0.493 e. The predicted octanol–water partition coefficient (Wildman–Crippen LogP) is 5.71. The van der Waals surface area contributed by atoms with Crippen LogP contribution in [0.3, 0.4) is 0 Å². The molecular weight excluding hydrogens is 414 g/mol. The molecule has 1 aromatic heterocycles. The van der Waals surface area contributed by atoms with Crippen molar-refractivity contribution in [3.63, 3.8) is 0 Å². The van der Waals surface area contributed by atoms with E-state index < -0.39 is 5.92 Å². The first-order valence-corrected chi connectivity index (χ1v) is 11.6. The molecule has 0 saturated carbocycles. The molecule has 0 radical (unpaired) electrons. The molecule has 0 amide bonds. The van der Waals surface area contributed by atoms with E-state index in [1.165, 1.54) is 23.1 Å². The number of nitrogens with zero attached hydrogens (tertiary/aromatic N) is 2. The maximum absolute atomic E-state index is 13.1. The fourth-order valence-corrected chi connectivity index (χ4v) is 5.23. The molecule has 30 heavy (non-hydrogen) atoms. The van der Waals surface area contributed by atoms with Crippen molar-refractivity contribution in [1.82, 2.24) is 10.2 Å². The van der Waals surface area contributed by atoms with Gasteiger partial charge in [0.15, 0.2) is 5.78 Å². The van der Waals surface area contributed by atoms with Gasteiger partial charge in [0.2, 0.25) is 0 Å². The summed E-state index contributed by atoms with van der Waals surface area (Å²) in [5, 5.41) is 20.5. The van der Waals surface area contributed by atoms with Gasteiger partial charge in [0.05, 0.1) is 16.6 Å². The van der Waals surface area contributed by atoms with Crippen molar-refractivity contribution >= 4 is 50.8 Å². The van der Waals surface area contributed by atoms with Gasteiger partial charge >= 0.3 is 0 Å². The highest BCUT2D eigenvalue weighted by atomic mass is 32.2. The third-order valence-corrected chi connectivity index (χ3v) is 6.92. The quantitative estimate of drug-likeness (QED) is 0.500. The Morgan fingerprint density at radius 1 is 1.17 bits per heavy atom. The first-order valence-electron chi connectivity index (χ1n) is 9.97. The van der Waals surface area contributed by atoms with E-state index in [4.69, 9.17) is 10.1 Å². The third-order valence-electron chi connectivity index (χ3n) is 4.80. The minimum atomic E-state index is -0.626. The molecule has 0 spiro atoms. The molecular formula is C23H23N3O2S2. The number of aromatic nitrogens is 2. The Morgan fingerprint density at radius 3 is 2.63 bits per heavy atom. The van der Waals surface area contributed by atoms with E-state index in [1.54, 1.807) is 0 Å². The molecule has 154 valence electrons. The van der Waals surface area contributed by atoms with E-state index in [0.717, 1.165) is 33.5 Å². The van der Waals surface area contributed by atoms with Crippen molar-refractivity contribution in [1.29, 1.82) is 5.41 Å². The van der Waals surface area contributed by atoms with Crippen LogP contribution in [-0.4, -0.2) is 27.6 Å². The Balaban J connectivity index is 1.69. The molecule has 0 bridgehead atoms. The fourth-order valence-electron chi connectivity index (χ4n) is 3.28. The van der Waals surface area contributed by atoms with Crippen molar-refractivity contribution < 1.29 is 9.53 Å². The second kappa shape index (κ2) is 8.70. The average Bonchev–Trinajstić information content (AvgIpc) is 3.31. The molecule has 1 fully saturated rings. The maximum atomic E-state index is 13.1. The summed E-state index contributed by atoms with van der Waals surface area (Å²) in [6, 6.07) is 12.0. The van der Waals surface area contributed by atoms with Crippen molar-refractivity contribution in [2.75, 3.05) is 6.61 Å². The van der Waals surface area contributed by atoms with Crippen LogP contribution in [0.2, 0.25) is 0 Å². The topological polar surface area (TPSA) is 75.9 Å². The lowest BCUT2D eigenvalue weighted by Crippen LogP contribution is -2.11. The number of nitrogens with one attached hydrogen (secondary N) is 1. The first-order chi connectivity index (χ1) is 14.5. The van der Waals surface area contributed by atoms with Crippen LogP contribution < -0.4 is 4.74 Å². The van der Waals surface area contributed by atoms with Gasteiger partial charge in [0.25, 0.3) is 0 Å². The standard InChI is InChI=1S/C23H23N3O2S2/c1-4-19-25-26-23(30-19)20-21(27)18(29-22(20)24)11-14-9-10-17(28-12-13(2)3)16-8-6-5-7-15(14)16/h5-11,13,20,24H,4,12H2,1-3H3/b18-11-,24-22?/t20-/m0/s1. The number of hydrogen-bond donors (Lipinski definition) is 1. The summed E-state index contributed by atoms with van der Waals surface area (Å²) >= 11 is 2.63. The lowest BCUT2D eigenvalue weighted by molar-refractivity contribution is -0.114. The second-order valence-electron chi connectivity index (χ2n) is 7.56. The first kappa shape index (κ1) is 20.8. The number of thioether (sulfide) groups is 1. The zero-order valence-electron chi connectivity index (χ0n) is 17.1. The third kappa shape index (κ3) is 4.04. The monoisotopic (exact) mass is 437 g/mol. The number of benzene rings is 2. The summed E-state index contributed by atoms with van der Waals surface area (Å²) in [7, 11) is 0. The molecule has 3 aromatic rings. The van der Waals surface area contributed by atoms with Gasteiger partial charge in [-0.05, 0) is 35.4 Å². The van der Waals surface area contributed by atoms with E-state index in [0.29, 0.717) is 27.5 Å². The summed E-state index contributed by atoms with van der Waals surface area (Å²) in [4.78, 5) is 13.7. The lowest BCUT2D eigenvalue weighted by Gasteiger charge is -2.13. The number of Topliss-reactive ketones (excluding diaryl/α,β-unsaturated/α-hetero) is 1. The van der Waals surface area contributed by atoms with E-state index in [-0.39, 0.29) is 5.78 Å². The average molecular weight is 438 g/mol. The molecule has 0 aliphatic carbocycles. The number of carbonyl (C=O) groups excluding carboxylic acids is 1. The molecule has 1 atom stereocenters. The zero-order chi connectivity index (χ0) is 21.3. The van der Waals surface area contributed by atoms with Crippen LogP contribution in [0.15, 0.2) is 41.3 Å². The Morgan fingerprint density at radius 2 is 1.93 bits per heavy atom. The molecule has 7 heteroatoms. The molecule has 2 heterocycles. The minimum absolute atomic E-state index is 0.0759. The van der Waals surface area contributed by atoms with Gasteiger partial charge in [0, 0.05) is 5.39 Å². The van der Waals surface area contributed by atoms with Gasteiger partial charge in [-0.3, -0.25) is 10.2 Å². The zero-order valence-corrected chi connectivity index (χ0v) is 18.8. The van der Waals surface area contributed by atoms with Crippen molar-refractivity contribution in [2.24, 2.45) is 5.92 Å². The van der Waals surface area contributed by atoms with Crippen LogP contribution in [0, 0.1) is 11.3 Å². The number of ether oxygens (including phenoxy) is 1. The largest absolute Gasteiger partial charge is 0.493 e. The number of fused-ring (bicyclic) bond motifs is 1. The number of aryl methyl sites for hydroxylation is 1. The molecule has 1 aliphatic rings. The van der Waals surface area contributed by atoms with Crippen molar-refractivity contribution in [3.8, 4) is 5.75 Å². The van der Waals surface area contributed by atoms with E-state index in [2.05, 4.69) is 24.0 Å². The molecule has 4 rings (SSSR count). The summed E-state index contributed by atoms with van der Waals surface area (Å²) in [6.07, 6.45) is 2.66. The molecule has 2 aromatic carbocycles. The molecule has 0 unspecified atom stereocenters. The highest BCUT2D eigenvalue weighted by molar-refractivity contribution is 8.19. The van der Waals surface area contributed by atoms with Gasteiger partial charge in [-0.1, -0.05) is 62.9 Å². The van der Waals surface area contributed by atoms with Crippen LogP contribution in [0.25, 0.3) is 16.8 Å². The molecule has 1 aliphatic heterocycles. The van der Waals surface area contributed by atoms with Gasteiger partial charge < -0.3 is 4.74 Å². The van der Waals surface area contributed by atoms with E-state index >= 15 is 0 Å². The Kier molecular flexibility index (Phi) is 6.01. The van der Waals surface area contributed by atoms with E-state index in [9.17, 15) is 4.79 Å². The predicted molar refractivity (Wildman–Crippen MR) is 125 cm³/mol. The van der Waals surface area contributed by atoms with E-state index in [1.807, 2.05) is 49.4 Å². The second-order valence-corrected chi connectivity index (χ2v) is 9.74. The number of allylic oxidation sites excluding steroid dienone is 1. The van der Waals surface area contributed by atoms with Crippen molar-refractivity contribution in [2.45, 2.75) is 33.1 Å². The number of carbonyl (C=O) groups is 1. The van der Waals surface area contributed by atoms with Crippen LogP contribution in [0.1, 0.15) is 42.3 Å². The van der Waals surface area contributed by atoms with Crippen LogP contribution in [0.5, 0.6) is 5.75 Å². The Bertz CT molecular complexity index is 1150. The smallest absolute Gasteiger partial charge is 0.186 e. The van der Waals surface area contributed by atoms with Crippen LogP contribution in [0.4, 0.5) is 0 Å². The summed E-state index contributed by atoms with van der Waals surface area (Å²) < 4.78 is 5.99. The highest BCUT2D eigenvalue weighted by Gasteiger charge is 2.39. The number of hydrogen-bond acceptors (Lipinski definition) is 7. The summed E-state index contributed by atoms with van der Waals surface area (Å²) in [6.45, 7) is 6.90. The lowest BCUT2D eigenvalue weighted by atomic mass is 10.0. The van der Waals surface area contributed by atoms with Gasteiger partial charge in [-0.2, -0.15) is 0 Å². The molecule has 1 N–H and O–H groups in total. The fraction of sp³-hybridized carbons (Fsp3) is 0.304. The van der Waals surface area contributed by atoms with Crippen molar-refractivity contribution in [3.05, 3.63) is 56.9 Å². The normalized spacial score (nSPS) is 18.1. The molecule has 5 nitrogen and oxygen atoms in total. The van der Waals surface area contributed by atoms with Crippen LogP contribution in [-0.2, 0) is 11.2 Å². The van der Waals surface area contributed by atoms with Gasteiger partial charge in [-0.25, -0.2) is 0 Å². The Labute approximate surface area is 184 Å². The Hall–Kier alpha value is -2.51. The number of rotatable bonds is 6. The van der Waals surface area contributed by atoms with Gasteiger partial charge in [-0.15, -0.1) is 21.5 Å². The maximum Gasteiger partial charge on any atom is 0.186 e. The van der Waals surface area contributed by atoms with Crippen LogP contribution >= 0.6 is 23.1 Å². The summed E-state index contributed by atoms with van der Waals surface area (Å²) in [5.74, 6) is 0.583. The van der Waals surface area contributed by atoms with Gasteiger partial charge in [0.1, 0.15) is 21.7 Å². The SMILES string of the molecule is CCc1nnc([C@@H]2C(=N)S/C(=C\c3ccc(OCC(C)C)c4ccccc34)C2=O)s1.